The highest BCUT2D eigenvalue weighted by molar-refractivity contribution is 5.95. The lowest BCUT2D eigenvalue weighted by Gasteiger charge is -2.29. The molecule has 0 spiro atoms. The van der Waals surface area contributed by atoms with Gasteiger partial charge in [-0.1, -0.05) is 56.3 Å². The van der Waals surface area contributed by atoms with Crippen molar-refractivity contribution >= 4 is 29.5 Å². The lowest BCUT2D eigenvalue weighted by molar-refractivity contribution is -0.141. The fourth-order valence-corrected chi connectivity index (χ4v) is 6.75. The molecule has 0 radical (unpaired) electrons. The Morgan fingerprint density at radius 1 is 0.943 bits per heavy atom. The highest BCUT2D eigenvalue weighted by atomic mass is 16.5. The summed E-state index contributed by atoms with van der Waals surface area (Å²) in [6, 6.07) is 15.9. The molecule has 5 rings (SSSR count). The highest BCUT2D eigenvalue weighted by Crippen LogP contribution is 2.31. The van der Waals surface area contributed by atoms with E-state index in [0.29, 0.717) is 24.3 Å². The predicted octanol–water partition coefficient (Wildman–Crippen LogP) is 2.55. The smallest absolute Gasteiger partial charge is 0.258 e. The van der Waals surface area contributed by atoms with Gasteiger partial charge < -0.3 is 35.2 Å². The number of aromatic nitrogens is 1. The number of methoxy groups -OCH3 is 1. The van der Waals surface area contributed by atoms with Crippen LogP contribution in [0.1, 0.15) is 58.9 Å². The first-order valence-corrected chi connectivity index (χ1v) is 18.1. The molecule has 282 valence electrons. The van der Waals surface area contributed by atoms with Crippen LogP contribution in [-0.4, -0.2) is 109 Å². The van der Waals surface area contributed by atoms with E-state index in [4.69, 9.17) is 9.47 Å². The topological polar surface area (TPSA) is 159 Å². The summed E-state index contributed by atoms with van der Waals surface area (Å²) in [5, 5.41) is 8.86. The minimum Gasteiger partial charge on any atom is -0.484 e. The van der Waals surface area contributed by atoms with Crippen LogP contribution in [0.2, 0.25) is 0 Å². The summed E-state index contributed by atoms with van der Waals surface area (Å²) in [6.45, 7) is 7.72. The summed E-state index contributed by atoms with van der Waals surface area (Å²) in [5.74, 6) is -1.97. The van der Waals surface area contributed by atoms with Crippen LogP contribution >= 0.6 is 0 Å². The van der Waals surface area contributed by atoms with Crippen LogP contribution in [0.4, 0.5) is 0 Å². The summed E-state index contributed by atoms with van der Waals surface area (Å²) in [7, 11) is 1.50. The zero-order chi connectivity index (χ0) is 38.1. The van der Waals surface area contributed by atoms with Crippen molar-refractivity contribution in [2.75, 3.05) is 46.5 Å². The van der Waals surface area contributed by atoms with Gasteiger partial charge in [-0.3, -0.25) is 29.0 Å². The second-order valence-electron chi connectivity index (χ2n) is 14.2. The second kappa shape index (κ2) is 18.0. The van der Waals surface area contributed by atoms with Crippen molar-refractivity contribution in [1.29, 1.82) is 0 Å². The molecule has 0 unspecified atom stereocenters. The first kappa shape index (κ1) is 38.9. The summed E-state index contributed by atoms with van der Waals surface area (Å²) in [6.07, 6.45) is 2.09. The Morgan fingerprint density at radius 2 is 1.70 bits per heavy atom. The zero-order valence-corrected chi connectivity index (χ0v) is 31.1. The van der Waals surface area contributed by atoms with Crippen LogP contribution in [0, 0.1) is 19.8 Å². The molecule has 13 heteroatoms. The number of amides is 5. The number of carbonyl (C=O) groups is 5. The van der Waals surface area contributed by atoms with Crippen molar-refractivity contribution in [3.05, 3.63) is 94.8 Å². The largest absolute Gasteiger partial charge is 0.484 e. The quantitative estimate of drug-likeness (QED) is 0.320. The van der Waals surface area contributed by atoms with E-state index >= 15 is 0 Å². The number of nitrogens with one attached hydrogen (secondary N) is 3. The number of likely N-dealkylation sites (tertiary alicyclic amines) is 1. The lowest BCUT2D eigenvalue weighted by atomic mass is 9.93. The van der Waals surface area contributed by atoms with Gasteiger partial charge in [0, 0.05) is 51.0 Å². The molecule has 3 N–H and O–H groups in total. The lowest BCUT2D eigenvalue weighted by Crippen LogP contribution is -2.56. The summed E-state index contributed by atoms with van der Waals surface area (Å²) in [4.78, 5) is 76.4. The number of rotatable bonds is 8. The van der Waals surface area contributed by atoms with E-state index in [1.165, 1.54) is 12.0 Å². The maximum atomic E-state index is 14.3. The number of aryl methyl sites for hydroxylation is 2. The van der Waals surface area contributed by atoms with Gasteiger partial charge in [0.25, 0.3) is 11.8 Å². The monoisotopic (exact) mass is 726 g/mol. The molecule has 4 atom stereocenters. The van der Waals surface area contributed by atoms with Gasteiger partial charge in [0.05, 0.1) is 24.8 Å². The van der Waals surface area contributed by atoms with E-state index in [1.54, 1.807) is 29.3 Å². The first-order chi connectivity index (χ1) is 25.4. The predicted molar refractivity (Wildman–Crippen MR) is 198 cm³/mol. The molecule has 53 heavy (non-hydrogen) atoms. The zero-order valence-electron chi connectivity index (χ0n) is 31.1. The van der Waals surface area contributed by atoms with E-state index in [0.717, 1.165) is 22.4 Å². The standard InChI is InChI=1S/C40H50N6O7/c1-25(2)16-34-40(51)45(14-15-52-5)23-36(47)42-33(18-28-10-7-6-8-11-28)38(49)44-35-22-46(39(50)30-17-26(3)27(4)41-20-30)21-32(35)29-12-9-13-31(19-29)53-24-37(48)43-34/h6-13,17,19-20,25,32-35H,14-16,18,21-24H2,1-5H3,(H,42,47)(H,43,48)(H,44,49)/t32-,33-,34+,35+/m0/s1. The molecule has 2 aliphatic heterocycles. The normalized spacial score (nSPS) is 21.5. The summed E-state index contributed by atoms with van der Waals surface area (Å²) in [5.41, 5.74) is 3.80. The number of nitrogens with zero attached hydrogens (tertiary/aromatic N) is 3. The molecular formula is C40H50N6O7. The Labute approximate surface area is 310 Å². The minimum atomic E-state index is -1.00. The average molecular weight is 727 g/mol. The average Bonchev–Trinajstić information content (AvgIpc) is 3.56. The van der Waals surface area contributed by atoms with Crippen molar-refractivity contribution < 1.29 is 33.4 Å². The Kier molecular flexibility index (Phi) is 13.2. The third-order valence-electron chi connectivity index (χ3n) is 9.66. The molecule has 1 saturated heterocycles. The van der Waals surface area contributed by atoms with Gasteiger partial charge in [-0.25, -0.2) is 0 Å². The van der Waals surface area contributed by atoms with Gasteiger partial charge in [0.15, 0.2) is 6.61 Å². The van der Waals surface area contributed by atoms with Gasteiger partial charge >= 0.3 is 0 Å². The molecule has 2 bridgehead atoms. The van der Waals surface area contributed by atoms with E-state index in [-0.39, 0.29) is 57.0 Å². The fourth-order valence-electron chi connectivity index (χ4n) is 6.75. The minimum absolute atomic E-state index is 0.0499. The SMILES string of the molecule is COCCN1CC(=O)N[C@@H](Cc2ccccc2)C(=O)N[C@@H]2CN(C(=O)c3cnc(C)c(C)c3)C[C@H]2c2cccc(c2)OCC(=O)N[C@H](CC(C)C)C1=O. The van der Waals surface area contributed by atoms with Crippen LogP contribution in [0.5, 0.6) is 5.75 Å². The van der Waals surface area contributed by atoms with Gasteiger partial charge in [-0.2, -0.15) is 0 Å². The number of carbonyl (C=O) groups excluding carboxylic acids is 5. The molecular weight excluding hydrogens is 676 g/mol. The van der Waals surface area contributed by atoms with E-state index in [2.05, 4.69) is 20.9 Å². The van der Waals surface area contributed by atoms with Crippen LogP contribution < -0.4 is 20.7 Å². The van der Waals surface area contributed by atoms with Gasteiger partial charge in [0.1, 0.15) is 17.8 Å². The Morgan fingerprint density at radius 3 is 2.42 bits per heavy atom. The molecule has 3 heterocycles. The van der Waals surface area contributed by atoms with Crippen molar-refractivity contribution in [3.63, 3.8) is 0 Å². The number of benzene rings is 2. The van der Waals surface area contributed by atoms with E-state index < -0.39 is 41.8 Å². The molecule has 0 aliphatic carbocycles. The van der Waals surface area contributed by atoms with Gasteiger partial charge in [0.2, 0.25) is 17.7 Å². The second-order valence-corrected chi connectivity index (χ2v) is 14.2. The number of hydrogen-bond acceptors (Lipinski definition) is 8. The molecule has 2 aliphatic rings. The molecule has 2 aromatic carbocycles. The summed E-state index contributed by atoms with van der Waals surface area (Å²) >= 11 is 0. The third kappa shape index (κ3) is 10.4. The first-order valence-electron chi connectivity index (χ1n) is 18.1. The van der Waals surface area contributed by atoms with Crippen molar-refractivity contribution in [2.45, 2.75) is 64.6 Å². The molecule has 1 fully saturated rings. The highest BCUT2D eigenvalue weighted by Gasteiger charge is 2.39. The van der Waals surface area contributed by atoms with Gasteiger partial charge in [-0.15, -0.1) is 0 Å². The summed E-state index contributed by atoms with van der Waals surface area (Å²) < 4.78 is 11.2. The molecule has 5 amide bonds. The maximum absolute atomic E-state index is 14.3. The van der Waals surface area contributed by atoms with E-state index in [1.807, 2.05) is 70.2 Å². The van der Waals surface area contributed by atoms with Crippen LogP contribution in [-0.2, 0) is 30.3 Å². The number of hydrogen-bond donors (Lipinski definition) is 3. The van der Waals surface area contributed by atoms with Crippen molar-refractivity contribution in [3.8, 4) is 5.75 Å². The Balaban J connectivity index is 1.51. The van der Waals surface area contributed by atoms with Gasteiger partial charge in [-0.05, 0) is 61.1 Å². The van der Waals surface area contributed by atoms with Crippen LogP contribution in [0.15, 0.2) is 66.9 Å². The maximum Gasteiger partial charge on any atom is 0.258 e. The number of ether oxygens (including phenoxy) is 2. The molecule has 0 saturated carbocycles. The number of fused-ring (bicyclic) bond motifs is 4. The third-order valence-corrected chi connectivity index (χ3v) is 9.66. The fraction of sp³-hybridized carbons (Fsp3) is 0.450. The molecule has 13 nitrogen and oxygen atoms in total. The van der Waals surface area contributed by atoms with Crippen molar-refractivity contribution in [2.24, 2.45) is 5.92 Å². The van der Waals surface area contributed by atoms with Crippen molar-refractivity contribution in [1.82, 2.24) is 30.7 Å². The van der Waals surface area contributed by atoms with Crippen LogP contribution in [0.3, 0.4) is 0 Å². The Hall–Kier alpha value is -5.30. The van der Waals surface area contributed by atoms with Crippen LogP contribution in [0.25, 0.3) is 0 Å². The number of pyridine rings is 1. The molecule has 3 aromatic rings. The molecule has 1 aromatic heterocycles. The Bertz CT molecular complexity index is 1780. The van der Waals surface area contributed by atoms with E-state index in [9.17, 15) is 24.0 Å².